The molecule has 0 amide bonds. The molecule has 0 aliphatic carbocycles. The van der Waals surface area contributed by atoms with E-state index in [1.54, 1.807) is 6.08 Å². The van der Waals surface area contributed by atoms with Gasteiger partial charge in [0, 0.05) is 16.7 Å². The highest BCUT2D eigenvalue weighted by atomic mass is 15.0. The van der Waals surface area contributed by atoms with Gasteiger partial charge in [0.05, 0.1) is 0 Å². The van der Waals surface area contributed by atoms with E-state index < -0.39 is 0 Å². The summed E-state index contributed by atoms with van der Waals surface area (Å²) in [6, 6.07) is 16.5. The third kappa shape index (κ3) is 10.5. The molecule has 0 fully saturated rings. The molecular weight excluding hydrogens is 426 g/mol. The van der Waals surface area contributed by atoms with Crippen LogP contribution in [-0.2, 0) is 0 Å². The van der Waals surface area contributed by atoms with E-state index in [0.29, 0.717) is 17.5 Å². The molecule has 0 saturated carbocycles. The number of hydrogen-bond donors (Lipinski definition) is 0. The first-order valence-corrected chi connectivity index (χ1v) is 12.1. The van der Waals surface area contributed by atoms with Crippen LogP contribution in [0.25, 0.3) is 28.3 Å². The van der Waals surface area contributed by atoms with Crippen molar-refractivity contribution in [2.24, 2.45) is 0 Å². The number of aromatic nitrogens is 3. The van der Waals surface area contributed by atoms with Crippen LogP contribution in [0.15, 0.2) is 91.1 Å². The SMILES string of the molecule is C=C(C)/C=C(\C=C(C)C)c1nc(-c2ccc(C)cc2)nc(-c2ccc(C)cc2)n1.C=CC.CCC. The van der Waals surface area contributed by atoms with E-state index in [1.807, 2.05) is 19.9 Å². The summed E-state index contributed by atoms with van der Waals surface area (Å²) in [6.07, 6.45) is 7.10. The lowest BCUT2D eigenvalue weighted by Gasteiger charge is -2.10. The predicted molar refractivity (Wildman–Crippen MR) is 154 cm³/mol. The molecule has 0 unspecified atom stereocenters. The molecule has 0 aliphatic heterocycles. The summed E-state index contributed by atoms with van der Waals surface area (Å²) < 4.78 is 0. The minimum Gasteiger partial charge on any atom is -0.208 e. The van der Waals surface area contributed by atoms with Gasteiger partial charge in [0.15, 0.2) is 17.5 Å². The van der Waals surface area contributed by atoms with Crippen LogP contribution in [0.1, 0.15) is 64.9 Å². The van der Waals surface area contributed by atoms with Gasteiger partial charge in [0.25, 0.3) is 0 Å². The Hall–Kier alpha value is -3.59. The lowest BCUT2D eigenvalue weighted by molar-refractivity contribution is 1.04. The molecule has 35 heavy (non-hydrogen) atoms. The van der Waals surface area contributed by atoms with Gasteiger partial charge in [-0.05, 0) is 47.6 Å². The van der Waals surface area contributed by atoms with Crippen LogP contribution in [-0.4, -0.2) is 15.0 Å². The van der Waals surface area contributed by atoms with E-state index in [4.69, 9.17) is 15.0 Å². The van der Waals surface area contributed by atoms with Gasteiger partial charge in [0.2, 0.25) is 0 Å². The van der Waals surface area contributed by atoms with Crippen molar-refractivity contribution in [1.29, 1.82) is 0 Å². The topological polar surface area (TPSA) is 38.7 Å². The molecular formula is C32H41N3. The second-order valence-electron chi connectivity index (χ2n) is 8.82. The summed E-state index contributed by atoms with van der Waals surface area (Å²) in [4.78, 5) is 14.4. The van der Waals surface area contributed by atoms with Crippen molar-refractivity contribution in [3.63, 3.8) is 0 Å². The average Bonchev–Trinajstić information content (AvgIpc) is 2.80. The first-order valence-electron chi connectivity index (χ1n) is 12.1. The second-order valence-corrected chi connectivity index (χ2v) is 8.82. The van der Waals surface area contributed by atoms with Gasteiger partial charge >= 0.3 is 0 Å². The van der Waals surface area contributed by atoms with Crippen molar-refractivity contribution in [3.05, 3.63) is 108 Å². The van der Waals surface area contributed by atoms with E-state index in [-0.39, 0.29) is 0 Å². The Labute approximate surface area is 213 Å². The molecule has 184 valence electrons. The average molecular weight is 468 g/mol. The molecule has 0 N–H and O–H groups in total. The van der Waals surface area contributed by atoms with Crippen molar-refractivity contribution in [2.75, 3.05) is 0 Å². The number of rotatable bonds is 5. The van der Waals surface area contributed by atoms with Crippen LogP contribution in [0.5, 0.6) is 0 Å². The van der Waals surface area contributed by atoms with Crippen molar-refractivity contribution in [2.45, 2.75) is 61.8 Å². The van der Waals surface area contributed by atoms with Gasteiger partial charge in [0.1, 0.15) is 0 Å². The maximum Gasteiger partial charge on any atom is 0.164 e. The Morgan fingerprint density at radius 2 is 1.11 bits per heavy atom. The number of benzene rings is 2. The van der Waals surface area contributed by atoms with Crippen LogP contribution < -0.4 is 0 Å². The van der Waals surface area contributed by atoms with E-state index in [1.165, 1.54) is 23.1 Å². The van der Waals surface area contributed by atoms with Crippen molar-refractivity contribution >= 4 is 5.57 Å². The minimum absolute atomic E-state index is 0.648. The largest absolute Gasteiger partial charge is 0.208 e. The van der Waals surface area contributed by atoms with Crippen molar-refractivity contribution in [1.82, 2.24) is 15.0 Å². The van der Waals surface area contributed by atoms with Gasteiger partial charge in [-0.15, -0.1) is 6.58 Å². The summed E-state index contributed by atoms with van der Waals surface area (Å²) in [7, 11) is 0. The Morgan fingerprint density at radius 3 is 1.43 bits per heavy atom. The summed E-state index contributed by atoms with van der Waals surface area (Å²) in [5, 5.41) is 0. The number of allylic oxidation sites excluding steroid dienone is 6. The maximum atomic E-state index is 4.81. The van der Waals surface area contributed by atoms with Gasteiger partial charge in [-0.1, -0.05) is 110 Å². The molecule has 0 radical (unpaired) electrons. The Bertz CT molecular complexity index is 1080. The summed E-state index contributed by atoms with van der Waals surface area (Å²) in [5.41, 5.74) is 7.40. The van der Waals surface area contributed by atoms with Crippen LogP contribution in [0, 0.1) is 13.8 Å². The summed E-state index contributed by atoms with van der Waals surface area (Å²) in [6.45, 7) is 23.8. The van der Waals surface area contributed by atoms with E-state index >= 15 is 0 Å². The zero-order valence-electron chi connectivity index (χ0n) is 22.8. The zero-order chi connectivity index (χ0) is 26.4. The number of hydrogen-bond acceptors (Lipinski definition) is 3. The zero-order valence-corrected chi connectivity index (χ0v) is 22.8. The van der Waals surface area contributed by atoms with Gasteiger partial charge in [-0.2, -0.15) is 0 Å². The standard InChI is InChI=1S/C26H27N3.C3H8.C3H6/c1-17(2)15-23(16-18(3)4)26-28-24(21-11-7-19(5)8-12-21)27-25(29-26)22-13-9-20(6)10-14-22;2*1-3-2/h7-16H,1H2,2-6H3;3H2,1-2H3;3H,1H2,2H3/b23-15+;;. The highest BCUT2D eigenvalue weighted by Gasteiger charge is 2.13. The highest BCUT2D eigenvalue weighted by molar-refractivity contribution is 5.74. The predicted octanol–water partition coefficient (Wildman–Crippen LogP) is 9.36. The van der Waals surface area contributed by atoms with Crippen molar-refractivity contribution in [3.8, 4) is 22.8 Å². The smallest absolute Gasteiger partial charge is 0.164 e. The monoisotopic (exact) mass is 467 g/mol. The molecule has 2 aromatic carbocycles. The number of nitrogens with zero attached hydrogens (tertiary/aromatic N) is 3. The quantitative estimate of drug-likeness (QED) is 0.277. The molecule has 3 aromatic rings. The van der Waals surface area contributed by atoms with Gasteiger partial charge in [-0.25, -0.2) is 15.0 Å². The lowest BCUT2D eigenvalue weighted by atomic mass is 10.1. The number of aryl methyl sites for hydroxylation is 2. The highest BCUT2D eigenvalue weighted by Crippen LogP contribution is 2.25. The van der Waals surface area contributed by atoms with E-state index in [0.717, 1.165) is 22.3 Å². The van der Waals surface area contributed by atoms with Crippen LogP contribution >= 0.6 is 0 Å². The van der Waals surface area contributed by atoms with E-state index in [9.17, 15) is 0 Å². The molecule has 0 spiro atoms. The Morgan fingerprint density at radius 1 is 0.743 bits per heavy atom. The summed E-state index contributed by atoms with van der Waals surface area (Å²) >= 11 is 0. The summed E-state index contributed by atoms with van der Waals surface area (Å²) in [5.74, 6) is 1.98. The molecule has 0 saturated heterocycles. The molecule has 3 rings (SSSR count). The maximum absolute atomic E-state index is 4.81. The fourth-order valence-corrected chi connectivity index (χ4v) is 2.92. The first-order chi connectivity index (χ1) is 16.6. The lowest BCUT2D eigenvalue weighted by Crippen LogP contribution is -2.02. The minimum atomic E-state index is 0.648. The molecule has 1 aromatic heterocycles. The van der Waals surface area contributed by atoms with Gasteiger partial charge in [-0.3, -0.25) is 0 Å². The van der Waals surface area contributed by atoms with Crippen LogP contribution in [0.3, 0.4) is 0 Å². The molecule has 1 heterocycles. The molecule has 0 atom stereocenters. The molecule has 0 bridgehead atoms. The fourth-order valence-electron chi connectivity index (χ4n) is 2.92. The molecule has 3 nitrogen and oxygen atoms in total. The Kier molecular flexibility index (Phi) is 12.9. The van der Waals surface area contributed by atoms with Crippen LogP contribution in [0.4, 0.5) is 0 Å². The molecule has 3 heteroatoms. The second kappa shape index (κ2) is 15.3. The first kappa shape index (κ1) is 29.4. The van der Waals surface area contributed by atoms with Crippen LogP contribution in [0.2, 0.25) is 0 Å². The normalized spacial score (nSPS) is 10.2. The Balaban J connectivity index is 0.000000926. The molecule has 0 aliphatic rings. The van der Waals surface area contributed by atoms with Gasteiger partial charge < -0.3 is 0 Å². The van der Waals surface area contributed by atoms with Crippen molar-refractivity contribution < 1.29 is 0 Å². The fraction of sp³-hybridized carbons (Fsp3) is 0.281. The third-order valence-electron chi connectivity index (χ3n) is 4.36. The third-order valence-corrected chi connectivity index (χ3v) is 4.36. The van der Waals surface area contributed by atoms with E-state index in [2.05, 4.69) is 109 Å².